The Morgan fingerprint density at radius 2 is 1.83 bits per heavy atom. The fraction of sp³-hybridized carbons (Fsp3) is 1.00. The summed E-state index contributed by atoms with van der Waals surface area (Å²) in [6.07, 6.45) is 4.54. The molecule has 1 rings (SSSR count). The molecule has 1 heteroatoms. The van der Waals surface area contributed by atoms with E-state index < -0.39 is 7.26 Å². The van der Waals surface area contributed by atoms with E-state index in [1.807, 2.05) is 0 Å². The first kappa shape index (κ1) is 10.5. The van der Waals surface area contributed by atoms with Gasteiger partial charge < -0.3 is 0 Å². The maximum atomic E-state index is 2.49. The van der Waals surface area contributed by atoms with Gasteiger partial charge in [0.2, 0.25) is 0 Å². The first-order valence-corrected chi connectivity index (χ1v) is 9.09. The van der Waals surface area contributed by atoms with Crippen LogP contribution < -0.4 is 0 Å². The van der Waals surface area contributed by atoms with Crippen LogP contribution in [-0.2, 0) is 0 Å². The van der Waals surface area contributed by atoms with Crippen molar-refractivity contribution in [3.63, 3.8) is 0 Å². The second-order valence-electron chi connectivity index (χ2n) is 6.08. The van der Waals surface area contributed by atoms with E-state index in [2.05, 4.69) is 33.8 Å². The van der Waals surface area contributed by atoms with Crippen molar-refractivity contribution in [3.8, 4) is 0 Å². The van der Waals surface area contributed by atoms with E-state index in [0.717, 1.165) is 17.8 Å². The molecule has 0 bridgehead atoms. The Morgan fingerprint density at radius 1 is 1.33 bits per heavy atom. The van der Waals surface area contributed by atoms with Gasteiger partial charge in [0.15, 0.2) is 0 Å². The summed E-state index contributed by atoms with van der Waals surface area (Å²) >= 11 is 0. The quantitative estimate of drug-likeness (QED) is 0.594. The molecule has 1 aliphatic rings. The monoisotopic (exact) mass is 188 g/mol. The van der Waals surface area contributed by atoms with Crippen molar-refractivity contribution in [1.82, 2.24) is 0 Å². The molecule has 1 aliphatic carbocycles. The summed E-state index contributed by atoms with van der Waals surface area (Å²) in [5, 5.41) is 0. The minimum atomic E-state index is -0.781. The van der Waals surface area contributed by atoms with Gasteiger partial charge in [0.1, 0.15) is 0 Å². The second-order valence-corrected chi connectivity index (χ2v) is 11.6. The Balaban J connectivity index is 2.16. The zero-order valence-electron chi connectivity index (χ0n) is 9.35. The van der Waals surface area contributed by atoms with E-state index in [4.69, 9.17) is 0 Å². The average molecular weight is 188 g/mol. The topological polar surface area (TPSA) is 0 Å². The van der Waals surface area contributed by atoms with Crippen LogP contribution in [0.1, 0.15) is 26.7 Å². The molecule has 0 aromatic carbocycles. The number of rotatable bonds is 4. The Labute approximate surface area is 78.5 Å². The Morgan fingerprint density at radius 3 is 2.17 bits per heavy atom. The first-order valence-electron chi connectivity index (χ1n) is 5.38. The Hall–Kier alpha value is 0.430. The molecule has 0 nitrogen and oxygen atoms in total. The first-order chi connectivity index (χ1) is 5.38. The van der Waals surface area contributed by atoms with Gasteiger partial charge in [0.25, 0.3) is 0 Å². The Kier molecular flexibility index (Phi) is 3.21. The molecule has 0 heterocycles. The molecule has 74 valence electrons. The second kappa shape index (κ2) is 3.66. The number of hydrogen-bond donors (Lipinski definition) is 0. The van der Waals surface area contributed by atoms with Crippen molar-refractivity contribution < 1.29 is 0 Å². The van der Waals surface area contributed by atoms with Crippen LogP contribution in [-0.4, -0.2) is 26.2 Å². The molecule has 0 aromatic heterocycles. The van der Waals surface area contributed by atoms with Crippen molar-refractivity contribution in [2.45, 2.75) is 26.7 Å². The summed E-state index contributed by atoms with van der Waals surface area (Å²) in [7, 11) is -0.781. The zero-order chi connectivity index (χ0) is 9.35. The summed E-state index contributed by atoms with van der Waals surface area (Å²) in [4.78, 5) is 0. The molecule has 0 saturated heterocycles. The predicted molar refractivity (Wildman–Crippen MR) is 62.0 cm³/mol. The normalized spacial score (nSPS) is 33.1. The van der Waals surface area contributed by atoms with Gasteiger partial charge in [-0.2, -0.15) is 0 Å². The van der Waals surface area contributed by atoms with E-state index in [1.54, 1.807) is 0 Å². The summed E-state index contributed by atoms with van der Waals surface area (Å²) in [5.74, 6) is 3.14. The molecule has 1 fully saturated rings. The van der Waals surface area contributed by atoms with E-state index in [9.17, 15) is 0 Å². The molecule has 0 aromatic rings. The molecular weight excluding hydrogens is 163 g/mol. The van der Waals surface area contributed by atoms with Crippen molar-refractivity contribution in [2.75, 3.05) is 26.2 Å². The van der Waals surface area contributed by atoms with Crippen LogP contribution in [0.15, 0.2) is 0 Å². The molecule has 12 heavy (non-hydrogen) atoms. The zero-order valence-corrected chi connectivity index (χ0v) is 10.4. The standard InChI is InChI=1S/C11H25P/c1-9(8-12(3,4)5)6-11-7-10(11)2/h9-12H,6-8H2,1-5H3/t9?,10-,11-/m0/s1. The van der Waals surface area contributed by atoms with Gasteiger partial charge in [0.05, 0.1) is 0 Å². The molecule has 0 spiro atoms. The number of hydrogen-bond acceptors (Lipinski definition) is 0. The molecule has 1 saturated carbocycles. The van der Waals surface area contributed by atoms with Crippen LogP contribution >= 0.6 is 7.26 Å². The SMILES string of the molecule is CC(C[C@H]1C[C@@H]1C)C[PH](C)(C)C. The van der Waals surface area contributed by atoms with Crippen molar-refractivity contribution in [3.05, 3.63) is 0 Å². The van der Waals surface area contributed by atoms with Crippen molar-refractivity contribution >= 4 is 7.26 Å². The molecule has 0 N–H and O–H groups in total. The van der Waals surface area contributed by atoms with Crippen LogP contribution in [0.5, 0.6) is 0 Å². The van der Waals surface area contributed by atoms with Crippen LogP contribution in [0.25, 0.3) is 0 Å². The van der Waals surface area contributed by atoms with Crippen molar-refractivity contribution in [2.24, 2.45) is 17.8 Å². The van der Waals surface area contributed by atoms with Gasteiger partial charge in [-0.15, -0.1) is 0 Å². The van der Waals surface area contributed by atoms with Gasteiger partial charge in [-0.3, -0.25) is 0 Å². The van der Waals surface area contributed by atoms with E-state index >= 15 is 0 Å². The van der Waals surface area contributed by atoms with Crippen LogP contribution in [0.2, 0.25) is 0 Å². The third-order valence-corrected chi connectivity index (χ3v) is 4.86. The maximum absolute atomic E-state index is 2.49. The summed E-state index contributed by atoms with van der Waals surface area (Å²) < 4.78 is 0. The molecule has 3 atom stereocenters. The van der Waals surface area contributed by atoms with Gasteiger partial charge in [-0.25, -0.2) is 0 Å². The predicted octanol–water partition coefficient (Wildman–Crippen LogP) is 3.31. The Bertz CT molecular complexity index is 146. The molecule has 0 radical (unpaired) electrons. The van der Waals surface area contributed by atoms with Gasteiger partial charge in [-0.1, -0.05) is 0 Å². The third-order valence-electron chi connectivity index (χ3n) is 2.94. The van der Waals surface area contributed by atoms with Crippen LogP contribution in [0.3, 0.4) is 0 Å². The van der Waals surface area contributed by atoms with Crippen LogP contribution in [0, 0.1) is 17.8 Å². The summed E-state index contributed by atoms with van der Waals surface area (Å²) in [6.45, 7) is 12.3. The fourth-order valence-electron chi connectivity index (χ4n) is 2.37. The molecule has 0 aliphatic heterocycles. The van der Waals surface area contributed by atoms with E-state index in [-0.39, 0.29) is 0 Å². The summed E-state index contributed by atoms with van der Waals surface area (Å²) in [5.41, 5.74) is 0. The van der Waals surface area contributed by atoms with E-state index in [1.165, 1.54) is 19.0 Å². The van der Waals surface area contributed by atoms with Crippen molar-refractivity contribution in [1.29, 1.82) is 0 Å². The molecular formula is C11H25P. The molecule has 1 unspecified atom stereocenters. The fourth-order valence-corrected chi connectivity index (χ4v) is 4.63. The molecule has 0 amide bonds. The summed E-state index contributed by atoms with van der Waals surface area (Å²) in [6, 6.07) is 0. The average Bonchev–Trinajstić information content (AvgIpc) is 2.40. The third kappa shape index (κ3) is 3.90. The van der Waals surface area contributed by atoms with Gasteiger partial charge in [0, 0.05) is 0 Å². The van der Waals surface area contributed by atoms with E-state index in [0.29, 0.717) is 0 Å². The minimum absolute atomic E-state index is 0.781. The van der Waals surface area contributed by atoms with Gasteiger partial charge >= 0.3 is 77.9 Å². The van der Waals surface area contributed by atoms with Gasteiger partial charge in [-0.05, 0) is 0 Å². The van der Waals surface area contributed by atoms with Crippen LogP contribution in [0.4, 0.5) is 0 Å².